The van der Waals surface area contributed by atoms with Crippen LogP contribution >= 0.6 is 0 Å². The maximum absolute atomic E-state index is 12.7. The third-order valence-electron chi connectivity index (χ3n) is 4.68. The second-order valence-corrected chi connectivity index (χ2v) is 8.21. The molecule has 2 heterocycles. The molecule has 3 amide bonds. The zero-order valence-electron chi connectivity index (χ0n) is 17.8. The van der Waals surface area contributed by atoms with Gasteiger partial charge in [0, 0.05) is 28.2 Å². The molecule has 4 rings (SSSR count). The van der Waals surface area contributed by atoms with Gasteiger partial charge in [-0.05, 0) is 30.3 Å². The Balaban J connectivity index is 1.38. The molecular weight excluding hydrogens is 408 g/mol. The fraction of sp³-hybridized carbons (Fsp3) is 0.174. The van der Waals surface area contributed by atoms with Crippen LogP contribution in [0.2, 0.25) is 0 Å². The van der Waals surface area contributed by atoms with E-state index in [1.54, 1.807) is 36.4 Å². The molecule has 0 spiro atoms. The molecule has 3 N–H and O–H groups in total. The largest absolute Gasteiger partial charge is 0.359 e. The lowest BCUT2D eigenvalue weighted by Crippen LogP contribution is -2.19. The van der Waals surface area contributed by atoms with Crippen LogP contribution in [0.5, 0.6) is 0 Å². The average Bonchev–Trinajstić information content (AvgIpc) is 3.23. The van der Waals surface area contributed by atoms with Gasteiger partial charge in [-0.2, -0.15) is 10.2 Å². The van der Waals surface area contributed by atoms with Gasteiger partial charge in [0.15, 0.2) is 5.82 Å². The lowest BCUT2D eigenvalue weighted by Gasteiger charge is -2.12. The van der Waals surface area contributed by atoms with Gasteiger partial charge in [-0.25, -0.2) is 4.79 Å². The van der Waals surface area contributed by atoms with Gasteiger partial charge in [-0.15, -0.1) is 0 Å². The minimum atomic E-state index is -0.454. The van der Waals surface area contributed by atoms with E-state index < -0.39 is 6.03 Å². The lowest BCUT2D eigenvalue weighted by molar-refractivity contribution is 0.102. The van der Waals surface area contributed by atoms with E-state index in [1.165, 1.54) is 6.20 Å². The first-order chi connectivity index (χ1) is 15.3. The monoisotopic (exact) mass is 430 g/mol. The molecule has 0 bridgehead atoms. The van der Waals surface area contributed by atoms with Crippen molar-refractivity contribution in [3.63, 3.8) is 0 Å². The fourth-order valence-corrected chi connectivity index (χ4v) is 2.99. The van der Waals surface area contributed by atoms with Gasteiger partial charge in [0.25, 0.3) is 5.91 Å². The Hall–Kier alpha value is -4.27. The highest BCUT2D eigenvalue weighted by molar-refractivity contribution is 6.12. The van der Waals surface area contributed by atoms with Crippen molar-refractivity contribution in [2.75, 3.05) is 16.0 Å². The SMILES string of the molecule is CC(C)(C)c1cc(NC(=O)Nc2ccc(NC(=O)c3cnnc4ccccc34)cc2)no1. The second-order valence-electron chi connectivity index (χ2n) is 8.21. The summed E-state index contributed by atoms with van der Waals surface area (Å²) in [6.07, 6.45) is 1.44. The highest BCUT2D eigenvalue weighted by Crippen LogP contribution is 2.24. The minimum Gasteiger partial charge on any atom is -0.359 e. The number of hydrogen-bond donors (Lipinski definition) is 3. The van der Waals surface area contributed by atoms with Crippen molar-refractivity contribution in [1.82, 2.24) is 15.4 Å². The summed E-state index contributed by atoms with van der Waals surface area (Å²) >= 11 is 0. The maximum atomic E-state index is 12.7. The lowest BCUT2D eigenvalue weighted by atomic mass is 9.93. The number of anilines is 3. The van der Waals surface area contributed by atoms with Crippen LogP contribution < -0.4 is 16.0 Å². The standard InChI is InChI=1S/C23H22N6O3/c1-23(2,3)19-12-20(29-32-19)27-22(31)26-15-10-8-14(9-11-15)25-21(30)17-13-24-28-18-7-5-4-6-16(17)18/h4-13H,1-3H3,(H,25,30)(H2,26,27,29,31). The number of nitrogens with zero attached hydrogens (tertiary/aromatic N) is 3. The Kier molecular flexibility index (Phi) is 5.55. The van der Waals surface area contributed by atoms with Crippen LogP contribution in [0.25, 0.3) is 10.9 Å². The summed E-state index contributed by atoms with van der Waals surface area (Å²) in [6, 6.07) is 15.3. The summed E-state index contributed by atoms with van der Waals surface area (Å²) in [5, 5.41) is 20.7. The first-order valence-corrected chi connectivity index (χ1v) is 9.97. The first-order valence-electron chi connectivity index (χ1n) is 9.97. The molecule has 0 saturated heterocycles. The Morgan fingerprint density at radius 1 is 0.906 bits per heavy atom. The number of urea groups is 1. The van der Waals surface area contributed by atoms with E-state index in [2.05, 4.69) is 31.3 Å². The van der Waals surface area contributed by atoms with Gasteiger partial charge in [0.2, 0.25) is 0 Å². The zero-order valence-corrected chi connectivity index (χ0v) is 17.8. The minimum absolute atomic E-state index is 0.206. The van der Waals surface area contributed by atoms with Gasteiger partial charge in [-0.3, -0.25) is 10.1 Å². The van der Waals surface area contributed by atoms with Crippen molar-refractivity contribution in [3.05, 3.63) is 72.1 Å². The van der Waals surface area contributed by atoms with Crippen molar-refractivity contribution < 1.29 is 14.1 Å². The van der Waals surface area contributed by atoms with Crippen LogP contribution in [0, 0.1) is 0 Å². The third-order valence-corrected chi connectivity index (χ3v) is 4.68. The summed E-state index contributed by atoms with van der Waals surface area (Å²) in [4.78, 5) is 24.9. The number of rotatable bonds is 4. The van der Waals surface area contributed by atoms with Crippen LogP contribution in [-0.2, 0) is 5.41 Å². The quantitative estimate of drug-likeness (QED) is 0.427. The van der Waals surface area contributed by atoms with Gasteiger partial charge in [0.1, 0.15) is 5.76 Å². The molecule has 162 valence electrons. The molecule has 9 nitrogen and oxygen atoms in total. The number of amides is 3. The molecule has 0 unspecified atom stereocenters. The summed E-state index contributed by atoms with van der Waals surface area (Å²) in [5.74, 6) is 0.704. The molecule has 4 aromatic rings. The van der Waals surface area contributed by atoms with Crippen molar-refractivity contribution in [2.24, 2.45) is 0 Å². The fourth-order valence-electron chi connectivity index (χ4n) is 2.99. The Morgan fingerprint density at radius 3 is 2.28 bits per heavy atom. The molecule has 9 heteroatoms. The van der Waals surface area contributed by atoms with Gasteiger partial charge < -0.3 is 15.2 Å². The van der Waals surface area contributed by atoms with E-state index in [4.69, 9.17) is 4.52 Å². The van der Waals surface area contributed by atoms with Crippen LogP contribution in [0.3, 0.4) is 0 Å². The summed E-state index contributed by atoms with van der Waals surface area (Å²) in [7, 11) is 0. The number of aromatic nitrogens is 3. The van der Waals surface area contributed by atoms with Crippen LogP contribution in [-0.4, -0.2) is 27.3 Å². The maximum Gasteiger partial charge on any atom is 0.324 e. The van der Waals surface area contributed by atoms with E-state index in [-0.39, 0.29) is 11.3 Å². The summed E-state index contributed by atoms with van der Waals surface area (Å²) < 4.78 is 5.26. The highest BCUT2D eigenvalue weighted by atomic mass is 16.5. The third kappa shape index (κ3) is 4.72. The highest BCUT2D eigenvalue weighted by Gasteiger charge is 2.20. The average molecular weight is 430 g/mol. The Labute approximate surface area is 184 Å². The molecule has 0 saturated carbocycles. The number of nitrogens with one attached hydrogen (secondary N) is 3. The summed E-state index contributed by atoms with van der Waals surface area (Å²) in [6.45, 7) is 5.97. The van der Waals surface area contributed by atoms with Crippen molar-refractivity contribution >= 4 is 40.0 Å². The van der Waals surface area contributed by atoms with E-state index in [1.807, 2.05) is 39.0 Å². The van der Waals surface area contributed by atoms with Crippen molar-refractivity contribution in [1.29, 1.82) is 0 Å². The Bertz CT molecular complexity index is 1270. The van der Waals surface area contributed by atoms with Crippen molar-refractivity contribution in [3.8, 4) is 0 Å². The molecule has 0 fully saturated rings. The smallest absolute Gasteiger partial charge is 0.324 e. The van der Waals surface area contributed by atoms with Gasteiger partial charge in [-0.1, -0.05) is 44.1 Å². The Morgan fingerprint density at radius 2 is 1.59 bits per heavy atom. The molecule has 0 atom stereocenters. The predicted octanol–water partition coefficient (Wildman–Crippen LogP) is 4.81. The predicted molar refractivity (Wildman–Crippen MR) is 122 cm³/mol. The molecule has 32 heavy (non-hydrogen) atoms. The molecular formula is C23H22N6O3. The van der Waals surface area contributed by atoms with E-state index in [0.717, 1.165) is 5.39 Å². The number of carbonyl (C=O) groups is 2. The normalized spacial score (nSPS) is 11.2. The van der Waals surface area contributed by atoms with Gasteiger partial charge >= 0.3 is 6.03 Å². The number of carbonyl (C=O) groups excluding carboxylic acids is 2. The summed E-state index contributed by atoms with van der Waals surface area (Å²) in [5.41, 5.74) is 2.00. The number of fused-ring (bicyclic) bond motifs is 1. The molecule has 0 aliphatic heterocycles. The van der Waals surface area contributed by atoms with Crippen LogP contribution in [0.15, 0.2) is 65.3 Å². The second kappa shape index (κ2) is 8.46. The zero-order chi connectivity index (χ0) is 22.7. The number of benzene rings is 2. The van der Waals surface area contributed by atoms with E-state index in [9.17, 15) is 9.59 Å². The molecule has 0 radical (unpaired) electrons. The molecule has 2 aromatic carbocycles. The molecule has 0 aliphatic carbocycles. The number of hydrogen-bond acceptors (Lipinski definition) is 6. The first kappa shape index (κ1) is 21.0. The van der Waals surface area contributed by atoms with Crippen LogP contribution in [0.4, 0.5) is 22.0 Å². The van der Waals surface area contributed by atoms with Crippen LogP contribution in [0.1, 0.15) is 36.9 Å². The topological polar surface area (TPSA) is 122 Å². The molecule has 2 aromatic heterocycles. The van der Waals surface area contributed by atoms with Gasteiger partial charge in [0.05, 0.1) is 17.3 Å². The van der Waals surface area contributed by atoms with E-state index in [0.29, 0.717) is 34.0 Å². The molecule has 0 aliphatic rings. The van der Waals surface area contributed by atoms with Crippen molar-refractivity contribution in [2.45, 2.75) is 26.2 Å². The van der Waals surface area contributed by atoms with E-state index >= 15 is 0 Å².